The molecule has 0 fully saturated rings. The molecule has 0 spiro atoms. The van der Waals surface area contributed by atoms with Gasteiger partial charge in [0.1, 0.15) is 23.5 Å². The molecule has 1 aliphatic rings. The van der Waals surface area contributed by atoms with E-state index in [9.17, 15) is 23.9 Å². The lowest BCUT2D eigenvalue weighted by Gasteiger charge is -2.18. The van der Waals surface area contributed by atoms with Gasteiger partial charge in [0.2, 0.25) is 0 Å². The summed E-state index contributed by atoms with van der Waals surface area (Å²) in [6.45, 7) is 3.71. The Morgan fingerprint density at radius 2 is 1.97 bits per heavy atom. The monoisotopic (exact) mass is 532 g/mol. The van der Waals surface area contributed by atoms with Crippen molar-refractivity contribution >= 4 is 23.6 Å². The number of aliphatic hydroxyl groups excluding tert-OH is 1. The Balaban J connectivity index is 1.36. The number of fused-ring (bicyclic) bond motifs is 2. The summed E-state index contributed by atoms with van der Waals surface area (Å²) >= 11 is 0. The van der Waals surface area contributed by atoms with Crippen LogP contribution in [0.4, 0.5) is 4.39 Å². The Labute approximate surface area is 222 Å². The summed E-state index contributed by atoms with van der Waals surface area (Å²) in [6.07, 6.45) is 0.508. The predicted octanol–water partition coefficient (Wildman–Crippen LogP) is 2.07. The van der Waals surface area contributed by atoms with Gasteiger partial charge in [-0.05, 0) is 54.3 Å². The van der Waals surface area contributed by atoms with Crippen LogP contribution in [0.15, 0.2) is 48.8 Å². The van der Waals surface area contributed by atoms with E-state index in [-0.39, 0.29) is 42.6 Å². The number of ether oxygens (including phenoxy) is 1. The van der Waals surface area contributed by atoms with E-state index in [2.05, 4.69) is 25.7 Å². The fraction of sp³-hybridized carbons (Fsp3) is 0.259. The first kappa shape index (κ1) is 25.9. The molecule has 0 bridgehead atoms. The highest BCUT2D eigenvalue weighted by Gasteiger charge is 2.34. The molecule has 0 saturated carbocycles. The molecule has 0 aliphatic heterocycles. The molecule has 12 heteroatoms. The van der Waals surface area contributed by atoms with E-state index in [1.807, 2.05) is 0 Å². The largest absolute Gasteiger partial charge is 0.462 e. The third-order valence-corrected chi connectivity index (χ3v) is 6.48. The van der Waals surface area contributed by atoms with Crippen LogP contribution in [0, 0.1) is 12.7 Å². The molecule has 2 heterocycles. The van der Waals surface area contributed by atoms with Crippen LogP contribution in [0.3, 0.4) is 0 Å². The van der Waals surface area contributed by atoms with Gasteiger partial charge in [-0.2, -0.15) is 14.6 Å². The van der Waals surface area contributed by atoms with Crippen LogP contribution in [-0.4, -0.2) is 55.2 Å². The molecule has 5 rings (SSSR count). The SMILES string of the molecule is CCOC(=O)c1ccc2c(c1)C[C@@H](O)[C@@H]2NC(=O)c1cc(C(=O)NCc2ccc(F)c(C)c2)nc2ncnn12. The highest BCUT2D eigenvalue weighted by Crippen LogP contribution is 2.32. The van der Waals surface area contributed by atoms with Crippen LogP contribution in [0.1, 0.15) is 66.6 Å². The third-order valence-electron chi connectivity index (χ3n) is 6.48. The molecule has 3 N–H and O–H groups in total. The van der Waals surface area contributed by atoms with E-state index in [4.69, 9.17) is 4.74 Å². The molecule has 2 amide bonds. The molecular weight excluding hydrogens is 507 g/mol. The molecule has 2 aromatic heterocycles. The zero-order chi connectivity index (χ0) is 27.7. The van der Waals surface area contributed by atoms with E-state index in [0.717, 1.165) is 5.56 Å². The fourth-order valence-corrected chi connectivity index (χ4v) is 4.55. The highest BCUT2D eigenvalue weighted by atomic mass is 19.1. The van der Waals surface area contributed by atoms with Crippen molar-refractivity contribution in [3.63, 3.8) is 0 Å². The van der Waals surface area contributed by atoms with Gasteiger partial charge in [0.25, 0.3) is 17.6 Å². The number of aliphatic hydroxyl groups is 1. The van der Waals surface area contributed by atoms with Gasteiger partial charge in [0, 0.05) is 19.0 Å². The number of carbonyl (C=O) groups is 3. The fourth-order valence-electron chi connectivity index (χ4n) is 4.55. The van der Waals surface area contributed by atoms with Crippen molar-refractivity contribution in [3.8, 4) is 0 Å². The van der Waals surface area contributed by atoms with Crippen LogP contribution < -0.4 is 10.6 Å². The summed E-state index contributed by atoms with van der Waals surface area (Å²) in [5, 5.41) is 20.3. The first-order chi connectivity index (χ1) is 18.7. The van der Waals surface area contributed by atoms with Crippen LogP contribution in [0.25, 0.3) is 5.78 Å². The molecule has 0 saturated heterocycles. The Kier molecular flexibility index (Phi) is 7.03. The maximum absolute atomic E-state index is 13.5. The molecule has 11 nitrogen and oxygen atoms in total. The van der Waals surface area contributed by atoms with Crippen molar-refractivity contribution in [2.45, 2.75) is 39.0 Å². The third kappa shape index (κ3) is 5.18. The first-order valence-corrected chi connectivity index (χ1v) is 12.3. The number of benzene rings is 2. The van der Waals surface area contributed by atoms with Crippen LogP contribution >= 0.6 is 0 Å². The van der Waals surface area contributed by atoms with Gasteiger partial charge in [0.15, 0.2) is 0 Å². The van der Waals surface area contributed by atoms with Gasteiger partial charge in [-0.25, -0.2) is 14.2 Å². The van der Waals surface area contributed by atoms with Gasteiger partial charge in [-0.1, -0.05) is 18.2 Å². The van der Waals surface area contributed by atoms with E-state index in [0.29, 0.717) is 22.3 Å². The van der Waals surface area contributed by atoms with Gasteiger partial charge in [0.05, 0.1) is 24.3 Å². The number of halogens is 1. The zero-order valence-corrected chi connectivity index (χ0v) is 21.1. The molecular formula is C27H25FN6O5. The minimum atomic E-state index is -0.934. The molecule has 4 aromatic rings. The quantitative estimate of drug-likeness (QED) is 0.307. The number of nitrogens with zero attached hydrogens (tertiary/aromatic N) is 4. The molecule has 2 aromatic carbocycles. The minimum Gasteiger partial charge on any atom is -0.462 e. The number of amides is 2. The van der Waals surface area contributed by atoms with Crippen LogP contribution in [-0.2, 0) is 17.7 Å². The van der Waals surface area contributed by atoms with E-state index in [1.54, 1.807) is 44.2 Å². The van der Waals surface area contributed by atoms with Gasteiger partial charge < -0.3 is 20.5 Å². The average molecular weight is 533 g/mol. The molecule has 2 atom stereocenters. The smallest absolute Gasteiger partial charge is 0.338 e. The summed E-state index contributed by atoms with van der Waals surface area (Å²) in [6, 6.07) is 9.96. The zero-order valence-electron chi connectivity index (χ0n) is 21.1. The van der Waals surface area contributed by atoms with Gasteiger partial charge >= 0.3 is 5.97 Å². The van der Waals surface area contributed by atoms with Gasteiger partial charge in [-0.15, -0.1) is 0 Å². The second kappa shape index (κ2) is 10.6. The second-order valence-corrected chi connectivity index (χ2v) is 9.12. The lowest BCUT2D eigenvalue weighted by Crippen LogP contribution is -2.35. The standard InChI is InChI=1S/C27H25FN6O5/c1-3-39-26(38)16-5-6-18-17(9-16)10-22(35)23(18)33-25(37)21-11-20(32-27-30-13-31-34(21)27)24(36)29-12-15-4-7-19(28)14(2)8-15/h4-9,11,13,22-23,35H,3,10,12H2,1-2H3,(H,29,36)(H,33,37)/t22-,23-/m1/s1. The first-order valence-electron chi connectivity index (χ1n) is 12.3. The number of carbonyl (C=O) groups excluding carboxylic acids is 3. The normalized spacial score (nSPS) is 16.1. The lowest BCUT2D eigenvalue weighted by molar-refractivity contribution is 0.0526. The summed E-state index contributed by atoms with van der Waals surface area (Å²) in [7, 11) is 0. The Bertz CT molecular complexity index is 1600. The number of aromatic nitrogens is 4. The van der Waals surface area contributed by atoms with E-state index >= 15 is 0 Å². The van der Waals surface area contributed by atoms with Crippen molar-refractivity contribution in [3.05, 3.63) is 93.8 Å². The second-order valence-electron chi connectivity index (χ2n) is 9.12. The molecule has 0 unspecified atom stereocenters. The Morgan fingerprint density at radius 1 is 1.15 bits per heavy atom. The number of aryl methyl sites for hydroxylation is 1. The van der Waals surface area contributed by atoms with Crippen molar-refractivity contribution in [2.75, 3.05) is 6.61 Å². The highest BCUT2D eigenvalue weighted by molar-refractivity contribution is 5.98. The van der Waals surface area contributed by atoms with Gasteiger partial charge in [-0.3, -0.25) is 9.59 Å². The minimum absolute atomic E-state index is 0.0101. The van der Waals surface area contributed by atoms with E-state index in [1.165, 1.54) is 23.0 Å². The summed E-state index contributed by atoms with van der Waals surface area (Å²) < 4.78 is 19.8. The maximum atomic E-state index is 13.5. The summed E-state index contributed by atoms with van der Waals surface area (Å²) in [5.74, 6) is -1.93. The van der Waals surface area contributed by atoms with Crippen LogP contribution in [0.5, 0.6) is 0 Å². The van der Waals surface area contributed by atoms with Crippen molar-refractivity contribution in [1.29, 1.82) is 0 Å². The molecule has 200 valence electrons. The van der Waals surface area contributed by atoms with E-state index < -0.39 is 29.9 Å². The summed E-state index contributed by atoms with van der Waals surface area (Å²) in [4.78, 5) is 46.6. The maximum Gasteiger partial charge on any atom is 0.338 e. The molecule has 1 aliphatic carbocycles. The lowest BCUT2D eigenvalue weighted by atomic mass is 10.0. The molecule has 39 heavy (non-hydrogen) atoms. The molecule has 0 radical (unpaired) electrons. The number of hydrogen-bond acceptors (Lipinski definition) is 8. The van der Waals surface area contributed by atoms with Crippen molar-refractivity contribution in [2.24, 2.45) is 0 Å². The van der Waals surface area contributed by atoms with Crippen molar-refractivity contribution in [1.82, 2.24) is 30.2 Å². The number of rotatable bonds is 7. The Morgan fingerprint density at radius 3 is 2.74 bits per heavy atom. The average Bonchev–Trinajstić information content (AvgIpc) is 3.52. The number of hydrogen-bond donors (Lipinski definition) is 3. The topological polar surface area (TPSA) is 148 Å². The Hall–Kier alpha value is -4.71. The van der Waals surface area contributed by atoms with Crippen molar-refractivity contribution < 1.29 is 28.6 Å². The number of nitrogens with one attached hydrogen (secondary N) is 2. The number of esters is 1. The predicted molar refractivity (Wildman–Crippen MR) is 135 cm³/mol. The summed E-state index contributed by atoms with van der Waals surface area (Å²) in [5.41, 5.74) is 2.82. The van der Waals surface area contributed by atoms with Crippen LogP contribution in [0.2, 0.25) is 0 Å².